The summed E-state index contributed by atoms with van der Waals surface area (Å²) in [6.45, 7) is 0. The molecule has 2 amide bonds. The summed E-state index contributed by atoms with van der Waals surface area (Å²) in [5.41, 5.74) is 6.60. The number of hydrazone groups is 2. The van der Waals surface area contributed by atoms with Crippen LogP contribution in [0, 0.1) is 0 Å². The van der Waals surface area contributed by atoms with E-state index in [1.165, 1.54) is 24.6 Å². The Hall–Kier alpha value is -3.56. The average Bonchev–Trinajstić information content (AvgIpc) is 2.95. The Morgan fingerprint density at radius 3 is 1.29 bits per heavy atom. The van der Waals surface area contributed by atoms with Gasteiger partial charge in [0, 0.05) is 21.2 Å². The predicted molar refractivity (Wildman–Crippen MR) is 162 cm³/mol. The molecular formula is C28H22Cl4CuN4O4+4. The van der Waals surface area contributed by atoms with Crippen molar-refractivity contribution in [2.45, 2.75) is 0 Å². The zero-order valence-corrected chi connectivity index (χ0v) is 24.7. The van der Waals surface area contributed by atoms with Crippen molar-refractivity contribution in [2.75, 3.05) is 0 Å². The Balaban J connectivity index is 0.000000280. The van der Waals surface area contributed by atoms with Crippen LogP contribution in [0.2, 0.25) is 20.1 Å². The number of carbonyl (C=O) groups is 2. The summed E-state index contributed by atoms with van der Waals surface area (Å²) < 4.78 is 0. The number of amides is 2. The van der Waals surface area contributed by atoms with E-state index in [9.17, 15) is 9.59 Å². The van der Waals surface area contributed by atoms with Gasteiger partial charge in [-0.3, -0.25) is 9.59 Å². The molecule has 0 atom stereocenters. The first-order valence-corrected chi connectivity index (χ1v) is 12.8. The van der Waals surface area contributed by atoms with Crippen LogP contribution < -0.4 is 10.9 Å². The van der Waals surface area contributed by atoms with Crippen LogP contribution in [-0.4, -0.2) is 34.5 Å². The van der Waals surface area contributed by atoms with Gasteiger partial charge in [-0.15, -0.1) is 0 Å². The van der Waals surface area contributed by atoms with E-state index in [1.54, 1.807) is 60.7 Å². The van der Waals surface area contributed by atoms with Gasteiger partial charge < -0.3 is 10.2 Å². The molecule has 4 rings (SSSR count). The minimum absolute atomic E-state index is 0. The van der Waals surface area contributed by atoms with Gasteiger partial charge >= 0.3 is 17.1 Å². The van der Waals surface area contributed by atoms with Crippen LogP contribution in [0.5, 0.6) is 11.5 Å². The maximum absolute atomic E-state index is 11.7. The van der Waals surface area contributed by atoms with Crippen LogP contribution in [-0.2, 0) is 17.1 Å². The van der Waals surface area contributed by atoms with Crippen molar-refractivity contribution in [2.24, 2.45) is 10.2 Å². The molecule has 4 aromatic carbocycles. The van der Waals surface area contributed by atoms with Crippen molar-refractivity contribution < 1.29 is 36.9 Å². The van der Waals surface area contributed by atoms with Gasteiger partial charge in [-0.05, 0) is 48.5 Å². The minimum Gasteiger partial charge on any atom is -0.592 e. The molecule has 0 saturated heterocycles. The first kappa shape index (κ1) is 33.6. The van der Waals surface area contributed by atoms with Crippen LogP contribution in [0.1, 0.15) is 31.8 Å². The van der Waals surface area contributed by atoms with Crippen molar-refractivity contribution >= 4 is 70.6 Å². The Bertz CT molecular complexity index is 1440. The number of benzene rings is 4. The molecule has 0 heterocycles. The molecule has 213 valence electrons. The minimum atomic E-state index is -0.332. The van der Waals surface area contributed by atoms with Crippen LogP contribution in [0.15, 0.2) is 95.1 Å². The van der Waals surface area contributed by atoms with Gasteiger partial charge in [0.1, 0.15) is 10.0 Å². The number of hydrogen-bond acceptors (Lipinski definition) is 4. The summed E-state index contributed by atoms with van der Waals surface area (Å²) in [4.78, 5) is 23.5. The standard InChI is InChI=1S/2C14H10Cl2N2O2.Cu/c2*15-11-6-10(13(19)12(16)7-11)8-17-18-14(20)9-4-2-1-3-5-9;/h2*1-8,19H,(H,18,20);/q;;+2/p+2. The molecule has 0 bridgehead atoms. The normalized spacial score (nSPS) is 10.4. The monoisotopic (exact) mass is 681 g/mol. The van der Waals surface area contributed by atoms with Gasteiger partial charge in [0.25, 0.3) is 23.3 Å². The van der Waals surface area contributed by atoms with Crippen LogP contribution in [0.4, 0.5) is 0 Å². The summed E-state index contributed by atoms with van der Waals surface area (Å²) in [5.74, 6) is -0.453. The van der Waals surface area contributed by atoms with Gasteiger partial charge in [-0.1, -0.05) is 82.8 Å². The molecule has 8 nitrogen and oxygen atoms in total. The van der Waals surface area contributed by atoms with Crippen molar-refractivity contribution in [3.05, 3.63) is 127 Å². The predicted octanol–water partition coefficient (Wildman–Crippen LogP) is 6.39. The molecule has 0 aliphatic rings. The SMILES string of the molecule is O=C(NN=Cc1cc(Cl)cc(Cl)c1[OH2+])c1ccccc1.O=C(NN=Cc1cc(Cl)cc(Cl)c1[OH2+])c1ccccc1.[Cu+2]. The molecule has 0 spiro atoms. The largest absolute Gasteiger partial charge is 2.00 e. The summed E-state index contributed by atoms with van der Waals surface area (Å²) in [7, 11) is 0. The second-order valence-corrected chi connectivity index (χ2v) is 9.52. The molecule has 0 aromatic heterocycles. The van der Waals surface area contributed by atoms with E-state index in [4.69, 9.17) is 56.6 Å². The molecule has 0 aliphatic carbocycles. The Morgan fingerprint density at radius 1 is 0.610 bits per heavy atom. The van der Waals surface area contributed by atoms with E-state index in [-0.39, 0.29) is 50.4 Å². The third kappa shape index (κ3) is 10.4. The van der Waals surface area contributed by atoms with Crippen molar-refractivity contribution in [3.8, 4) is 11.5 Å². The second kappa shape index (κ2) is 16.6. The molecule has 0 fully saturated rings. The van der Waals surface area contributed by atoms with Crippen molar-refractivity contribution in [3.63, 3.8) is 0 Å². The fourth-order valence-corrected chi connectivity index (χ4v) is 4.04. The van der Waals surface area contributed by atoms with E-state index < -0.39 is 0 Å². The van der Waals surface area contributed by atoms with E-state index in [2.05, 4.69) is 21.1 Å². The number of hydrogen-bond donors (Lipinski definition) is 2. The van der Waals surface area contributed by atoms with E-state index >= 15 is 0 Å². The van der Waals surface area contributed by atoms with Gasteiger partial charge in [0.2, 0.25) is 0 Å². The van der Waals surface area contributed by atoms with E-state index in [1.807, 2.05) is 12.1 Å². The number of nitrogens with zero attached hydrogens (tertiary/aromatic N) is 2. The fourth-order valence-electron chi connectivity index (χ4n) is 3.02. The number of halogens is 4. The molecule has 4 aromatic rings. The quantitative estimate of drug-likeness (QED) is 0.106. The average molecular weight is 684 g/mol. The number of nitrogens with one attached hydrogen (secondary N) is 2. The fraction of sp³-hybridized carbons (Fsp3) is 0. The number of rotatable bonds is 6. The zero-order chi connectivity index (χ0) is 29.1. The second-order valence-electron chi connectivity index (χ2n) is 7.83. The smallest absolute Gasteiger partial charge is 0.592 e. The summed E-state index contributed by atoms with van der Waals surface area (Å²) in [5, 5.41) is 24.4. The topological polar surface area (TPSA) is 129 Å². The van der Waals surface area contributed by atoms with Crippen molar-refractivity contribution in [1.29, 1.82) is 0 Å². The molecule has 6 N–H and O–H groups in total. The third-order valence-corrected chi connectivity index (χ3v) is 6.02. The summed E-state index contributed by atoms with van der Waals surface area (Å²) in [6.07, 6.45) is 2.67. The van der Waals surface area contributed by atoms with Crippen LogP contribution in [0.3, 0.4) is 0 Å². The van der Waals surface area contributed by atoms with Gasteiger partial charge in [-0.2, -0.15) is 10.2 Å². The molecule has 13 heteroatoms. The third-order valence-electron chi connectivity index (χ3n) is 4.98. The first-order valence-electron chi connectivity index (χ1n) is 11.3. The summed E-state index contributed by atoms with van der Waals surface area (Å²) >= 11 is 23.4. The molecular weight excluding hydrogens is 662 g/mol. The van der Waals surface area contributed by atoms with Crippen molar-refractivity contribution in [1.82, 2.24) is 10.9 Å². The Kier molecular flexibility index (Phi) is 13.7. The molecule has 41 heavy (non-hydrogen) atoms. The first-order chi connectivity index (χ1) is 19.2. The number of carbonyl (C=O) groups excluding carboxylic acids is 2. The maximum Gasteiger partial charge on any atom is 2.00 e. The summed E-state index contributed by atoms with van der Waals surface area (Å²) in [6, 6.07) is 23.4. The van der Waals surface area contributed by atoms with Crippen LogP contribution in [0.25, 0.3) is 0 Å². The van der Waals surface area contributed by atoms with Gasteiger partial charge in [-0.25, -0.2) is 10.9 Å². The zero-order valence-electron chi connectivity index (χ0n) is 20.8. The molecule has 1 radical (unpaired) electrons. The molecule has 0 aliphatic heterocycles. The Labute approximate surface area is 266 Å². The molecule has 0 unspecified atom stereocenters. The molecule has 0 saturated carbocycles. The Morgan fingerprint density at radius 2 is 0.951 bits per heavy atom. The van der Waals surface area contributed by atoms with E-state index in [0.29, 0.717) is 32.3 Å². The van der Waals surface area contributed by atoms with Gasteiger partial charge in [0.15, 0.2) is 0 Å². The maximum atomic E-state index is 11.7. The van der Waals surface area contributed by atoms with Gasteiger partial charge in [0.05, 0.1) is 23.6 Å². The van der Waals surface area contributed by atoms with E-state index in [0.717, 1.165) is 0 Å². The van der Waals surface area contributed by atoms with Crippen LogP contribution >= 0.6 is 46.4 Å².